The molecule has 1 aromatic carbocycles. The molecule has 98 valence electrons. The highest BCUT2D eigenvalue weighted by atomic mass is 32.1. The van der Waals surface area contributed by atoms with Crippen LogP contribution < -0.4 is 4.74 Å². The summed E-state index contributed by atoms with van der Waals surface area (Å²) in [6, 6.07) is 7.44. The molecule has 4 heteroatoms. The number of carbonyl (C=O) groups excluding carboxylic acids is 1. The van der Waals surface area contributed by atoms with E-state index in [1.165, 1.54) is 0 Å². The van der Waals surface area contributed by atoms with Crippen LogP contribution in [0, 0.1) is 6.92 Å². The fourth-order valence-electron chi connectivity index (χ4n) is 1.88. The molecule has 1 aliphatic rings. The minimum atomic E-state index is 0.0894. The summed E-state index contributed by atoms with van der Waals surface area (Å²) in [7, 11) is 0. The molecule has 0 aliphatic heterocycles. The number of rotatable bonds is 5. The fraction of sp³-hybridized carbons (Fsp3) is 0.333. The number of Topliss-reactive ketones (excluding diaryl/α,β-unsaturated/α-hetero) is 1. The van der Waals surface area contributed by atoms with Crippen LogP contribution in [0.25, 0.3) is 0 Å². The maximum absolute atomic E-state index is 12.2. The molecule has 0 radical (unpaired) electrons. The Bertz CT molecular complexity index is 602. The number of carbonyl (C=O) groups is 1. The Morgan fingerprint density at radius 1 is 1.47 bits per heavy atom. The molecule has 1 heterocycles. The van der Waals surface area contributed by atoms with Crippen LogP contribution in [-0.2, 0) is 6.42 Å². The van der Waals surface area contributed by atoms with Crippen LogP contribution in [0.3, 0.4) is 0 Å². The molecule has 3 nitrogen and oxygen atoms in total. The van der Waals surface area contributed by atoms with Crippen molar-refractivity contribution in [3.05, 3.63) is 45.9 Å². The van der Waals surface area contributed by atoms with Gasteiger partial charge in [0, 0.05) is 10.9 Å². The Hall–Kier alpha value is -1.68. The van der Waals surface area contributed by atoms with E-state index < -0.39 is 0 Å². The number of nitrogens with zero attached hydrogens (tertiary/aromatic N) is 1. The highest BCUT2D eigenvalue weighted by molar-refractivity contribution is 7.09. The van der Waals surface area contributed by atoms with Gasteiger partial charge in [-0.1, -0.05) is 12.1 Å². The van der Waals surface area contributed by atoms with Crippen LogP contribution in [0.5, 0.6) is 5.75 Å². The van der Waals surface area contributed by atoms with Crippen molar-refractivity contribution >= 4 is 17.1 Å². The number of benzene rings is 1. The van der Waals surface area contributed by atoms with Crippen molar-refractivity contribution in [2.45, 2.75) is 32.3 Å². The molecule has 3 rings (SSSR count). The highest BCUT2D eigenvalue weighted by Gasteiger charge is 2.23. The Morgan fingerprint density at radius 3 is 3.00 bits per heavy atom. The molecule has 0 N–H and O–H groups in total. The number of ketones is 1. The summed E-state index contributed by atoms with van der Waals surface area (Å²) >= 11 is 1.57. The number of ether oxygens (including phenoxy) is 1. The largest absolute Gasteiger partial charge is 0.490 e. The van der Waals surface area contributed by atoms with Gasteiger partial charge < -0.3 is 4.74 Å². The van der Waals surface area contributed by atoms with E-state index in [1.807, 2.05) is 36.6 Å². The fourth-order valence-corrected chi connectivity index (χ4v) is 2.49. The first-order valence-corrected chi connectivity index (χ1v) is 7.29. The molecule has 0 atom stereocenters. The zero-order valence-corrected chi connectivity index (χ0v) is 11.6. The maximum Gasteiger partial charge on any atom is 0.168 e. The van der Waals surface area contributed by atoms with E-state index in [2.05, 4.69) is 4.98 Å². The van der Waals surface area contributed by atoms with Crippen molar-refractivity contribution in [1.82, 2.24) is 4.98 Å². The zero-order valence-electron chi connectivity index (χ0n) is 10.8. The van der Waals surface area contributed by atoms with Gasteiger partial charge in [-0.2, -0.15) is 0 Å². The number of aryl methyl sites for hydroxylation is 1. The van der Waals surface area contributed by atoms with Crippen LogP contribution in [0.2, 0.25) is 0 Å². The second kappa shape index (κ2) is 5.13. The lowest BCUT2D eigenvalue weighted by Crippen LogP contribution is -2.05. The minimum absolute atomic E-state index is 0.0894. The van der Waals surface area contributed by atoms with Crippen molar-refractivity contribution in [2.24, 2.45) is 0 Å². The van der Waals surface area contributed by atoms with Gasteiger partial charge in [-0.3, -0.25) is 4.79 Å². The Labute approximate surface area is 116 Å². The van der Waals surface area contributed by atoms with Crippen molar-refractivity contribution in [3.8, 4) is 5.75 Å². The van der Waals surface area contributed by atoms with Crippen LogP contribution in [0.1, 0.15) is 33.9 Å². The molecule has 1 aromatic heterocycles. The van der Waals surface area contributed by atoms with Crippen LogP contribution >= 0.6 is 11.3 Å². The summed E-state index contributed by atoms with van der Waals surface area (Å²) in [4.78, 5) is 16.5. The number of hydrogen-bond donors (Lipinski definition) is 0. The smallest absolute Gasteiger partial charge is 0.168 e. The summed E-state index contributed by atoms with van der Waals surface area (Å²) in [5.74, 6) is 0.884. The van der Waals surface area contributed by atoms with Gasteiger partial charge in [0.25, 0.3) is 0 Å². The lowest BCUT2D eigenvalue weighted by molar-refractivity contribution is 0.0991. The average molecular weight is 273 g/mol. The van der Waals surface area contributed by atoms with Crippen molar-refractivity contribution in [2.75, 3.05) is 0 Å². The van der Waals surface area contributed by atoms with E-state index in [0.717, 1.165) is 29.3 Å². The topological polar surface area (TPSA) is 39.2 Å². The monoisotopic (exact) mass is 273 g/mol. The predicted molar refractivity (Wildman–Crippen MR) is 75.0 cm³/mol. The highest BCUT2D eigenvalue weighted by Crippen LogP contribution is 2.27. The molecular weight excluding hydrogens is 258 g/mol. The first kappa shape index (κ1) is 12.4. The van der Waals surface area contributed by atoms with Gasteiger partial charge in [-0.25, -0.2) is 4.98 Å². The lowest BCUT2D eigenvalue weighted by Gasteiger charge is -2.05. The number of thiazole rings is 1. The maximum atomic E-state index is 12.2. The quantitative estimate of drug-likeness (QED) is 0.784. The van der Waals surface area contributed by atoms with Gasteiger partial charge in [0.2, 0.25) is 0 Å². The van der Waals surface area contributed by atoms with E-state index in [-0.39, 0.29) is 5.78 Å². The van der Waals surface area contributed by atoms with E-state index in [1.54, 1.807) is 11.3 Å². The Morgan fingerprint density at radius 2 is 2.32 bits per heavy atom. The van der Waals surface area contributed by atoms with Crippen molar-refractivity contribution in [3.63, 3.8) is 0 Å². The molecule has 0 unspecified atom stereocenters. The van der Waals surface area contributed by atoms with E-state index in [9.17, 15) is 4.79 Å². The zero-order chi connectivity index (χ0) is 13.2. The normalized spacial score (nSPS) is 14.4. The molecule has 19 heavy (non-hydrogen) atoms. The lowest BCUT2D eigenvalue weighted by atomic mass is 10.1. The number of aromatic nitrogens is 1. The Kier molecular flexibility index (Phi) is 3.34. The molecule has 0 saturated heterocycles. The van der Waals surface area contributed by atoms with Crippen LogP contribution in [0.4, 0.5) is 0 Å². The average Bonchev–Trinajstić information content (AvgIpc) is 3.11. The molecule has 1 aliphatic carbocycles. The first-order valence-electron chi connectivity index (χ1n) is 6.41. The molecule has 0 bridgehead atoms. The molecule has 0 spiro atoms. The van der Waals surface area contributed by atoms with E-state index >= 15 is 0 Å². The predicted octanol–water partition coefficient (Wildman–Crippen LogP) is 3.42. The summed E-state index contributed by atoms with van der Waals surface area (Å²) in [6.45, 7) is 1.95. The molecule has 1 fully saturated rings. The Balaban J connectivity index is 1.71. The van der Waals surface area contributed by atoms with Crippen molar-refractivity contribution in [1.29, 1.82) is 0 Å². The number of hydrogen-bond acceptors (Lipinski definition) is 4. The van der Waals surface area contributed by atoms with Gasteiger partial charge >= 0.3 is 0 Å². The third-order valence-corrected chi connectivity index (χ3v) is 3.81. The second-order valence-corrected chi connectivity index (χ2v) is 5.87. The van der Waals surface area contributed by atoms with E-state index in [0.29, 0.717) is 18.1 Å². The van der Waals surface area contributed by atoms with Gasteiger partial charge in [0.1, 0.15) is 5.75 Å². The third kappa shape index (κ3) is 3.20. The summed E-state index contributed by atoms with van der Waals surface area (Å²) in [5, 5.41) is 2.94. The van der Waals surface area contributed by atoms with Gasteiger partial charge in [-0.15, -0.1) is 11.3 Å². The molecule has 1 saturated carbocycles. The SMILES string of the molecule is Cc1nc(CC(=O)c2cccc(OC3CC3)c2)cs1. The van der Waals surface area contributed by atoms with Crippen molar-refractivity contribution < 1.29 is 9.53 Å². The summed E-state index contributed by atoms with van der Waals surface area (Å²) < 4.78 is 5.70. The second-order valence-electron chi connectivity index (χ2n) is 4.80. The third-order valence-electron chi connectivity index (χ3n) is 2.99. The van der Waals surface area contributed by atoms with E-state index in [4.69, 9.17) is 4.74 Å². The standard InChI is InChI=1S/C15H15NO2S/c1-10-16-12(9-19-10)8-15(17)11-3-2-4-14(7-11)18-13-5-6-13/h2-4,7,9,13H,5-6,8H2,1H3. The van der Waals surface area contributed by atoms with Gasteiger partial charge in [0.15, 0.2) is 5.78 Å². The van der Waals surface area contributed by atoms with Crippen LogP contribution in [0.15, 0.2) is 29.6 Å². The summed E-state index contributed by atoms with van der Waals surface area (Å²) in [5.41, 5.74) is 1.55. The summed E-state index contributed by atoms with van der Waals surface area (Å²) in [6.07, 6.45) is 2.95. The van der Waals surface area contributed by atoms with Gasteiger partial charge in [0.05, 0.1) is 23.2 Å². The molecule has 2 aromatic rings. The first-order chi connectivity index (χ1) is 9.20. The molecule has 0 amide bonds. The van der Waals surface area contributed by atoms with Gasteiger partial charge in [-0.05, 0) is 31.9 Å². The van der Waals surface area contributed by atoms with Crippen LogP contribution in [-0.4, -0.2) is 16.9 Å². The minimum Gasteiger partial charge on any atom is -0.490 e. The molecular formula is C15H15NO2S.